The van der Waals surface area contributed by atoms with Crippen LogP contribution in [0.15, 0.2) is 53.0 Å². The van der Waals surface area contributed by atoms with Gasteiger partial charge in [0.05, 0.1) is 10.6 Å². The van der Waals surface area contributed by atoms with Gasteiger partial charge in [-0.15, -0.1) is 0 Å². The minimum absolute atomic E-state index is 0.0586. The smallest absolute Gasteiger partial charge is 0.292 e. The molecule has 0 saturated carbocycles. The molecule has 0 amide bonds. The number of nitrogens with zero attached hydrogens (tertiary/aromatic N) is 1. The van der Waals surface area contributed by atoms with Crippen LogP contribution in [0.1, 0.15) is 0 Å². The van der Waals surface area contributed by atoms with Crippen molar-refractivity contribution in [2.75, 3.05) is 5.32 Å². The lowest BCUT2D eigenvalue weighted by Crippen LogP contribution is -1.96. The third-order valence-corrected chi connectivity index (χ3v) is 2.94. The van der Waals surface area contributed by atoms with E-state index in [9.17, 15) is 10.1 Å². The molecule has 0 spiro atoms. The molecule has 2 aromatic rings. The van der Waals surface area contributed by atoms with Crippen LogP contribution in [-0.4, -0.2) is 4.92 Å². The summed E-state index contributed by atoms with van der Waals surface area (Å²) in [5, 5.41) is 13.9. The van der Waals surface area contributed by atoms with Gasteiger partial charge in [-0.3, -0.25) is 10.1 Å². The fourth-order valence-electron chi connectivity index (χ4n) is 1.45. The van der Waals surface area contributed by atoms with Gasteiger partial charge in [0, 0.05) is 10.5 Å². The lowest BCUT2D eigenvalue weighted by molar-refractivity contribution is -0.383. The molecule has 17 heavy (non-hydrogen) atoms. The van der Waals surface area contributed by atoms with Gasteiger partial charge in [0.1, 0.15) is 5.69 Å². The monoisotopic (exact) mass is 292 g/mol. The summed E-state index contributed by atoms with van der Waals surface area (Å²) >= 11 is 3.38. The normalized spacial score (nSPS) is 9.94. The van der Waals surface area contributed by atoms with E-state index in [0.29, 0.717) is 5.69 Å². The fraction of sp³-hybridized carbons (Fsp3) is 0. The molecular formula is C12H9BrN2O2. The number of hydrogen-bond acceptors (Lipinski definition) is 3. The summed E-state index contributed by atoms with van der Waals surface area (Å²) in [6, 6.07) is 14.0. The lowest BCUT2D eigenvalue weighted by atomic mass is 10.2. The summed E-state index contributed by atoms with van der Waals surface area (Å²) in [5.41, 5.74) is 1.33. The zero-order valence-electron chi connectivity index (χ0n) is 8.76. The largest absolute Gasteiger partial charge is 0.349 e. The van der Waals surface area contributed by atoms with Crippen molar-refractivity contribution >= 4 is 33.0 Å². The molecule has 0 aliphatic carbocycles. The minimum atomic E-state index is -0.404. The van der Waals surface area contributed by atoms with Crippen LogP contribution in [0.4, 0.5) is 17.1 Å². The van der Waals surface area contributed by atoms with Crippen LogP contribution < -0.4 is 5.32 Å². The van der Waals surface area contributed by atoms with Crippen LogP contribution in [0.2, 0.25) is 0 Å². The highest BCUT2D eigenvalue weighted by Gasteiger charge is 2.12. The average molecular weight is 293 g/mol. The maximum Gasteiger partial charge on any atom is 0.292 e. The quantitative estimate of drug-likeness (QED) is 0.684. The predicted octanol–water partition coefficient (Wildman–Crippen LogP) is 4.10. The molecule has 0 bridgehead atoms. The molecule has 2 aromatic carbocycles. The van der Waals surface area contributed by atoms with Gasteiger partial charge in [-0.05, 0) is 34.1 Å². The molecule has 0 fully saturated rings. The molecule has 0 aliphatic heterocycles. The highest BCUT2D eigenvalue weighted by Crippen LogP contribution is 2.30. The zero-order chi connectivity index (χ0) is 12.3. The van der Waals surface area contributed by atoms with Crippen LogP contribution in [0.5, 0.6) is 0 Å². The Labute approximate surface area is 107 Å². The molecule has 5 heteroatoms. The van der Waals surface area contributed by atoms with Gasteiger partial charge in [-0.2, -0.15) is 0 Å². The Kier molecular flexibility index (Phi) is 3.39. The molecule has 0 aliphatic rings. The first-order valence-electron chi connectivity index (χ1n) is 4.93. The topological polar surface area (TPSA) is 55.2 Å². The van der Waals surface area contributed by atoms with E-state index in [0.717, 1.165) is 10.2 Å². The maximum absolute atomic E-state index is 10.9. The number of nitrogens with one attached hydrogen (secondary N) is 1. The standard InChI is InChI=1S/C12H9BrN2O2/c13-9-5-1-2-6-10(9)14-11-7-3-4-8-12(11)15(16)17/h1-8,14H. The molecule has 0 atom stereocenters. The molecule has 4 nitrogen and oxygen atoms in total. The number of anilines is 2. The highest BCUT2D eigenvalue weighted by atomic mass is 79.9. The van der Waals surface area contributed by atoms with E-state index in [-0.39, 0.29) is 5.69 Å². The summed E-state index contributed by atoms with van der Waals surface area (Å²) in [4.78, 5) is 10.4. The van der Waals surface area contributed by atoms with E-state index in [2.05, 4.69) is 21.2 Å². The van der Waals surface area contributed by atoms with E-state index < -0.39 is 4.92 Å². The molecule has 2 rings (SSSR count). The molecule has 0 saturated heterocycles. The fourth-order valence-corrected chi connectivity index (χ4v) is 1.83. The van der Waals surface area contributed by atoms with E-state index in [1.807, 2.05) is 24.3 Å². The summed E-state index contributed by atoms with van der Waals surface area (Å²) in [5.74, 6) is 0. The minimum Gasteiger partial charge on any atom is -0.349 e. The Morgan fingerprint density at radius 3 is 2.24 bits per heavy atom. The van der Waals surface area contributed by atoms with Gasteiger partial charge in [0.2, 0.25) is 0 Å². The highest BCUT2D eigenvalue weighted by molar-refractivity contribution is 9.10. The SMILES string of the molecule is O=[N+]([O-])c1ccccc1Nc1ccccc1Br. The number of nitro benzene ring substituents is 1. The summed E-state index contributed by atoms with van der Waals surface area (Å²) < 4.78 is 0.859. The van der Waals surface area contributed by atoms with Gasteiger partial charge < -0.3 is 5.32 Å². The van der Waals surface area contributed by atoms with Gasteiger partial charge in [0.15, 0.2) is 0 Å². The van der Waals surface area contributed by atoms with Crippen molar-refractivity contribution in [2.24, 2.45) is 0 Å². The third kappa shape index (κ3) is 2.62. The Morgan fingerprint density at radius 2 is 1.59 bits per heavy atom. The first-order chi connectivity index (χ1) is 8.18. The second-order valence-corrected chi connectivity index (χ2v) is 4.23. The maximum atomic E-state index is 10.9. The molecule has 0 unspecified atom stereocenters. The number of hydrogen-bond donors (Lipinski definition) is 1. The van der Waals surface area contributed by atoms with Crippen molar-refractivity contribution in [3.63, 3.8) is 0 Å². The Balaban J connectivity index is 2.37. The number of nitro groups is 1. The number of para-hydroxylation sites is 3. The molecule has 0 heterocycles. The second kappa shape index (κ2) is 4.97. The van der Waals surface area contributed by atoms with Crippen LogP contribution in [0, 0.1) is 10.1 Å². The molecular weight excluding hydrogens is 284 g/mol. The van der Waals surface area contributed by atoms with Crippen LogP contribution in [0.3, 0.4) is 0 Å². The first-order valence-corrected chi connectivity index (χ1v) is 5.73. The number of benzene rings is 2. The molecule has 1 N–H and O–H groups in total. The summed E-state index contributed by atoms with van der Waals surface area (Å²) in [6.45, 7) is 0. The van der Waals surface area contributed by atoms with Gasteiger partial charge in [-0.1, -0.05) is 24.3 Å². The van der Waals surface area contributed by atoms with Crippen LogP contribution in [0.25, 0.3) is 0 Å². The van der Waals surface area contributed by atoms with E-state index in [1.54, 1.807) is 18.2 Å². The Bertz CT molecular complexity index is 558. The summed E-state index contributed by atoms with van der Waals surface area (Å²) in [7, 11) is 0. The van der Waals surface area contributed by atoms with Crippen molar-refractivity contribution in [2.45, 2.75) is 0 Å². The van der Waals surface area contributed by atoms with Gasteiger partial charge >= 0.3 is 0 Å². The summed E-state index contributed by atoms with van der Waals surface area (Å²) in [6.07, 6.45) is 0. The molecule has 0 aromatic heterocycles. The second-order valence-electron chi connectivity index (χ2n) is 3.38. The zero-order valence-corrected chi connectivity index (χ0v) is 10.3. The van der Waals surface area contributed by atoms with Crippen molar-refractivity contribution in [3.05, 3.63) is 63.1 Å². The number of halogens is 1. The van der Waals surface area contributed by atoms with E-state index in [1.165, 1.54) is 6.07 Å². The van der Waals surface area contributed by atoms with Crippen molar-refractivity contribution in [1.29, 1.82) is 0 Å². The first kappa shape index (κ1) is 11.6. The average Bonchev–Trinajstić information content (AvgIpc) is 2.32. The lowest BCUT2D eigenvalue weighted by Gasteiger charge is -2.08. The third-order valence-electron chi connectivity index (χ3n) is 2.24. The van der Waals surface area contributed by atoms with Crippen LogP contribution in [-0.2, 0) is 0 Å². The van der Waals surface area contributed by atoms with Crippen molar-refractivity contribution in [1.82, 2.24) is 0 Å². The van der Waals surface area contributed by atoms with E-state index in [4.69, 9.17) is 0 Å². The molecule has 86 valence electrons. The Hall–Kier alpha value is -1.88. The van der Waals surface area contributed by atoms with Crippen molar-refractivity contribution in [3.8, 4) is 0 Å². The molecule has 0 radical (unpaired) electrons. The Morgan fingerprint density at radius 1 is 1.00 bits per heavy atom. The van der Waals surface area contributed by atoms with Crippen molar-refractivity contribution < 1.29 is 4.92 Å². The van der Waals surface area contributed by atoms with E-state index >= 15 is 0 Å². The van der Waals surface area contributed by atoms with Gasteiger partial charge in [-0.25, -0.2) is 0 Å². The predicted molar refractivity (Wildman–Crippen MR) is 70.5 cm³/mol. The van der Waals surface area contributed by atoms with Crippen LogP contribution >= 0.6 is 15.9 Å². The van der Waals surface area contributed by atoms with Gasteiger partial charge in [0.25, 0.3) is 5.69 Å². The number of rotatable bonds is 3.